The van der Waals surface area contributed by atoms with Crippen molar-refractivity contribution >= 4 is 50.9 Å². The average Bonchev–Trinajstić information content (AvgIpc) is 2.93. The van der Waals surface area contributed by atoms with Crippen molar-refractivity contribution in [2.75, 3.05) is 25.0 Å². The van der Waals surface area contributed by atoms with Crippen molar-refractivity contribution in [1.82, 2.24) is 25.6 Å². The lowest BCUT2D eigenvalue weighted by Crippen LogP contribution is -2.27. The van der Waals surface area contributed by atoms with Gasteiger partial charge < -0.3 is 16.0 Å². The number of hydrogen-bond acceptors (Lipinski definition) is 6. The van der Waals surface area contributed by atoms with Crippen LogP contribution in [0.3, 0.4) is 0 Å². The zero-order valence-corrected chi connectivity index (χ0v) is 21.5. The number of rotatable bonds is 9. The number of nitrogens with one attached hydrogen (secondary N) is 3. The number of aromatic nitrogens is 3. The van der Waals surface area contributed by atoms with Gasteiger partial charge >= 0.3 is 0 Å². The number of fused-ring (bicyclic) bond motifs is 3. The highest BCUT2D eigenvalue weighted by Crippen LogP contribution is 2.34. The Morgan fingerprint density at radius 3 is 2.58 bits per heavy atom. The maximum atomic E-state index is 14.7. The first kappa shape index (κ1) is 25.5. The van der Waals surface area contributed by atoms with Crippen LogP contribution in [0, 0.1) is 5.82 Å². The molecule has 7 nitrogen and oxygen atoms in total. The molecule has 0 saturated heterocycles. The molecule has 0 bridgehead atoms. The van der Waals surface area contributed by atoms with E-state index >= 15 is 0 Å². The molecule has 5 aromatic rings. The van der Waals surface area contributed by atoms with E-state index in [0.717, 1.165) is 30.6 Å². The largest absolute Gasteiger partial charge is 0.352 e. The monoisotopic (exact) mass is 528 g/mol. The van der Waals surface area contributed by atoms with Gasteiger partial charge in [-0.05, 0) is 68.0 Å². The zero-order valence-electron chi connectivity index (χ0n) is 20.8. The molecule has 0 aliphatic carbocycles. The molecular formula is C29H26ClFN6O. The molecular weight excluding hydrogens is 503 g/mol. The quantitative estimate of drug-likeness (QED) is 0.158. The van der Waals surface area contributed by atoms with E-state index in [4.69, 9.17) is 21.6 Å². The van der Waals surface area contributed by atoms with Crippen molar-refractivity contribution in [3.8, 4) is 11.3 Å². The predicted molar refractivity (Wildman–Crippen MR) is 150 cm³/mol. The van der Waals surface area contributed by atoms with Crippen LogP contribution in [0.15, 0.2) is 72.9 Å². The number of hydrogen-bond donors (Lipinski definition) is 3. The molecule has 2 heterocycles. The zero-order chi connectivity index (χ0) is 26.5. The number of carbonyl (C=O) groups is 1. The fourth-order valence-electron chi connectivity index (χ4n) is 4.20. The van der Waals surface area contributed by atoms with Crippen molar-refractivity contribution in [2.24, 2.45) is 0 Å². The Kier molecular flexibility index (Phi) is 7.72. The summed E-state index contributed by atoms with van der Waals surface area (Å²) >= 11 is 6.29. The maximum Gasteiger partial charge on any atom is 0.251 e. The van der Waals surface area contributed by atoms with Crippen molar-refractivity contribution in [1.29, 1.82) is 0 Å². The molecule has 5 rings (SSSR count). The molecule has 2 aromatic heterocycles. The third-order valence-electron chi connectivity index (χ3n) is 6.09. The standard InChI is InChI=1S/C29H26ClFN6O/c1-2-32-14-5-15-33-28(38)18-8-11-20(12-9-18)35-29-34-17-25-27(37-29)21-13-10-19(30)16-23(21)26(36-25)22-6-3-4-7-24(22)31/h3-4,6-13,16-17,32H,2,5,14-15H2,1H3,(H,33,38)(H,34,35,37). The molecule has 0 atom stereocenters. The van der Waals surface area contributed by atoms with Crippen LogP contribution in [-0.2, 0) is 0 Å². The second kappa shape index (κ2) is 11.5. The van der Waals surface area contributed by atoms with E-state index < -0.39 is 0 Å². The van der Waals surface area contributed by atoms with Gasteiger partial charge in [-0.15, -0.1) is 0 Å². The molecule has 1 amide bonds. The molecule has 0 saturated carbocycles. The number of pyridine rings is 1. The van der Waals surface area contributed by atoms with Gasteiger partial charge in [0.1, 0.15) is 16.9 Å². The molecule has 0 aliphatic heterocycles. The summed E-state index contributed by atoms with van der Waals surface area (Å²) in [6.45, 7) is 4.45. The van der Waals surface area contributed by atoms with E-state index in [1.807, 2.05) is 6.07 Å². The van der Waals surface area contributed by atoms with Gasteiger partial charge in [0.05, 0.1) is 11.9 Å². The van der Waals surface area contributed by atoms with Crippen molar-refractivity contribution in [3.05, 3.63) is 89.3 Å². The molecule has 38 heavy (non-hydrogen) atoms. The lowest BCUT2D eigenvalue weighted by Gasteiger charge is -2.12. The van der Waals surface area contributed by atoms with Crippen molar-refractivity contribution < 1.29 is 9.18 Å². The molecule has 3 aromatic carbocycles. The van der Waals surface area contributed by atoms with Gasteiger partial charge in [0.15, 0.2) is 0 Å². The summed E-state index contributed by atoms with van der Waals surface area (Å²) in [6.07, 6.45) is 2.48. The summed E-state index contributed by atoms with van der Waals surface area (Å²) < 4.78 is 14.7. The average molecular weight is 529 g/mol. The van der Waals surface area contributed by atoms with Crippen LogP contribution in [0.1, 0.15) is 23.7 Å². The van der Waals surface area contributed by atoms with Crippen LogP contribution in [0.5, 0.6) is 0 Å². The minimum atomic E-state index is -0.370. The highest BCUT2D eigenvalue weighted by Gasteiger charge is 2.16. The second-order valence-electron chi connectivity index (χ2n) is 8.72. The Morgan fingerprint density at radius 2 is 1.79 bits per heavy atom. The smallest absolute Gasteiger partial charge is 0.251 e. The third kappa shape index (κ3) is 5.56. The number of amides is 1. The third-order valence-corrected chi connectivity index (χ3v) is 6.33. The summed E-state index contributed by atoms with van der Waals surface area (Å²) in [6, 6.07) is 19.0. The maximum absolute atomic E-state index is 14.7. The summed E-state index contributed by atoms with van der Waals surface area (Å²) in [5.74, 6) is -0.114. The first-order valence-electron chi connectivity index (χ1n) is 12.4. The molecule has 192 valence electrons. The Labute approximate surface area is 224 Å². The van der Waals surface area contributed by atoms with Crippen LogP contribution < -0.4 is 16.0 Å². The molecule has 0 fully saturated rings. The van der Waals surface area contributed by atoms with Gasteiger partial charge in [-0.3, -0.25) is 4.79 Å². The molecule has 9 heteroatoms. The van der Waals surface area contributed by atoms with Crippen molar-refractivity contribution in [3.63, 3.8) is 0 Å². The Hall–Kier alpha value is -4.14. The number of nitrogens with zero attached hydrogens (tertiary/aromatic N) is 3. The highest BCUT2D eigenvalue weighted by molar-refractivity contribution is 6.31. The van der Waals surface area contributed by atoms with Crippen LogP contribution in [0.4, 0.5) is 16.0 Å². The van der Waals surface area contributed by atoms with E-state index in [1.165, 1.54) is 6.07 Å². The number of benzene rings is 3. The van der Waals surface area contributed by atoms with Crippen molar-refractivity contribution in [2.45, 2.75) is 13.3 Å². The summed E-state index contributed by atoms with van der Waals surface area (Å²) in [4.78, 5) is 26.2. The van der Waals surface area contributed by atoms with E-state index in [9.17, 15) is 9.18 Å². The van der Waals surface area contributed by atoms with E-state index in [-0.39, 0.29) is 11.7 Å². The van der Waals surface area contributed by atoms with Gasteiger partial charge in [0.2, 0.25) is 5.95 Å². The fourth-order valence-corrected chi connectivity index (χ4v) is 4.37. The van der Waals surface area contributed by atoms with Crippen LogP contribution in [-0.4, -0.2) is 40.5 Å². The Morgan fingerprint density at radius 1 is 0.974 bits per heavy atom. The van der Waals surface area contributed by atoms with Crippen LogP contribution >= 0.6 is 11.6 Å². The minimum Gasteiger partial charge on any atom is -0.352 e. The summed E-state index contributed by atoms with van der Waals surface area (Å²) in [5.41, 5.74) is 3.31. The molecule has 0 unspecified atom stereocenters. The lowest BCUT2D eigenvalue weighted by molar-refractivity contribution is 0.0953. The molecule has 0 aliphatic rings. The number of halogens is 2. The summed E-state index contributed by atoms with van der Waals surface area (Å²) in [5, 5.41) is 11.3. The van der Waals surface area contributed by atoms with E-state index in [2.05, 4.69) is 27.9 Å². The number of carbonyl (C=O) groups excluding carboxylic acids is 1. The lowest BCUT2D eigenvalue weighted by atomic mass is 10.0. The SMILES string of the molecule is CCNCCCNC(=O)c1ccc(Nc2ncc3nc(-c4ccccc4F)c4cc(Cl)ccc4c3n2)cc1. The molecule has 3 N–H and O–H groups in total. The Bertz CT molecular complexity index is 1610. The first-order valence-corrected chi connectivity index (χ1v) is 12.8. The predicted octanol–water partition coefficient (Wildman–Crippen LogP) is 6.11. The van der Waals surface area contributed by atoms with E-state index in [0.29, 0.717) is 50.8 Å². The molecule has 0 spiro atoms. The minimum absolute atomic E-state index is 0.114. The topological polar surface area (TPSA) is 91.8 Å². The number of anilines is 2. The van der Waals surface area contributed by atoms with Crippen LogP contribution in [0.25, 0.3) is 33.1 Å². The van der Waals surface area contributed by atoms with Gasteiger partial charge in [-0.1, -0.05) is 36.7 Å². The fraction of sp³-hybridized carbons (Fsp3) is 0.172. The van der Waals surface area contributed by atoms with Gasteiger partial charge in [-0.25, -0.2) is 19.3 Å². The second-order valence-corrected chi connectivity index (χ2v) is 9.16. The van der Waals surface area contributed by atoms with Gasteiger partial charge in [0.25, 0.3) is 5.91 Å². The van der Waals surface area contributed by atoms with Gasteiger partial charge in [-0.2, -0.15) is 0 Å². The normalized spacial score (nSPS) is 11.1. The Balaban J connectivity index is 1.40. The highest BCUT2D eigenvalue weighted by atomic mass is 35.5. The van der Waals surface area contributed by atoms with Gasteiger partial charge in [0, 0.05) is 39.2 Å². The summed E-state index contributed by atoms with van der Waals surface area (Å²) in [7, 11) is 0. The molecule has 0 radical (unpaired) electrons. The van der Waals surface area contributed by atoms with Crippen LogP contribution in [0.2, 0.25) is 5.02 Å². The first-order chi connectivity index (χ1) is 18.5. The van der Waals surface area contributed by atoms with E-state index in [1.54, 1.807) is 60.8 Å².